The second kappa shape index (κ2) is 14.0. The fourth-order valence-electron chi connectivity index (χ4n) is 1.48. The standard InChI is InChI=1S/C16H31O5P/c1-4-7-12-19-16(17)11-10-15-22(18,20-13-8-5-2)21-14-9-6-3/h10-11H,4-9,12-15H2,1-3H3. The maximum atomic E-state index is 12.6. The van der Waals surface area contributed by atoms with Gasteiger partial charge in [-0.2, -0.15) is 0 Å². The number of esters is 1. The largest absolute Gasteiger partial charge is 0.463 e. The first kappa shape index (κ1) is 21.4. The van der Waals surface area contributed by atoms with Crippen LogP contribution < -0.4 is 0 Å². The van der Waals surface area contributed by atoms with Crippen LogP contribution in [0.5, 0.6) is 0 Å². The zero-order chi connectivity index (χ0) is 16.7. The van der Waals surface area contributed by atoms with Gasteiger partial charge in [-0.1, -0.05) is 46.1 Å². The molecular weight excluding hydrogens is 303 g/mol. The van der Waals surface area contributed by atoms with Gasteiger partial charge in [0, 0.05) is 6.08 Å². The van der Waals surface area contributed by atoms with Crippen molar-refractivity contribution in [1.29, 1.82) is 0 Å². The Morgan fingerprint density at radius 3 is 1.91 bits per heavy atom. The van der Waals surface area contributed by atoms with Crippen molar-refractivity contribution in [3.8, 4) is 0 Å². The summed E-state index contributed by atoms with van der Waals surface area (Å²) in [6.45, 7) is 7.35. The van der Waals surface area contributed by atoms with E-state index in [0.717, 1.165) is 38.5 Å². The summed E-state index contributed by atoms with van der Waals surface area (Å²) in [4.78, 5) is 11.4. The Bertz CT molecular complexity index is 340. The van der Waals surface area contributed by atoms with E-state index in [9.17, 15) is 9.36 Å². The third kappa shape index (κ3) is 12.0. The van der Waals surface area contributed by atoms with Gasteiger partial charge in [-0.25, -0.2) is 4.79 Å². The Balaban J connectivity index is 4.30. The molecule has 0 aromatic carbocycles. The number of hydrogen-bond acceptors (Lipinski definition) is 5. The molecule has 22 heavy (non-hydrogen) atoms. The molecule has 0 aliphatic carbocycles. The van der Waals surface area contributed by atoms with Gasteiger partial charge in [-0.05, 0) is 19.3 Å². The number of rotatable bonds is 14. The Morgan fingerprint density at radius 2 is 1.41 bits per heavy atom. The second-order valence-corrected chi connectivity index (χ2v) is 7.19. The molecule has 0 fully saturated rings. The van der Waals surface area contributed by atoms with Crippen LogP contribution in [0.1, 0.15) is 59.3 Å². The average Bonchev–Trinajstić information content (AvgIpc) is 2.48. The molecular formula is C16H31O5P. The lowest BCUT2D eigenvalue weighted by molar-refractivity contribution is -0.137. The molecule has 0 aliphatic rings. The summed E-state index contributed by atoms with van der Waals surface area (Å²) in [6, 6.07) is 0. The van der Waals surface area contributed by atoms with Crippen LogP contribution in [0, 0.1) is 0 Å². The van der Waals surface area contributed by atoms with Crippen molar-refractivity contribution < 1.29 is 23.1 Å². The van der Waals surface area contributed by atoms with Crippen molar-refractivity contribution in [3.63, 3.8) is 0 Å². The van der Waals surface area contributed by atoms with E-state index in [-0.39, 0.29) is 6.16 Å². The van der Waals surface area contributed by atoms with Crippen LogP contribution in [0.15, 0.2) is 12.2 Å². The van der Waals surface area contributed by atoms with E-state index in [4.69, 9.17) is 13.8 Å². The fraction of sp³-hybridized carbons (Fsp3) is 0.812. The van der Waals surface area contributed by atoms with Crippen molar-refractivity contribution >= 4 is 13.6 Å². The van der Waals surface area contributed by atoms with E-state index >= 15 is 0 Å². The van der Waals surface area contributed by atoms with Crippen LogP contribution in [0.2, 0.25) is 0 Å². The Kier molecular flexibility index (Phi) is 13.6. The first-order valence-corrected chi connectivity index (χ1v) is 10.0. The maximum absolute atomic E-state index is 12.6. The maximum Gasteiger partial charge on any atom is 0.334 e. The molecule has 130 valence electrons. The van der Waals surface area contributed by atoms with Gasteiger partial charge in [0.05, 0.1) is 26.0 Å². The average molecular weight is 334 g/mol. The van der Waals surface area contributed by atoms with E-state index in [0.29, 0.717) is 19.8 Å². The summed E-state index contributed by atoms with van der Waals surface area (Å²) in [6.07, 6.45) is 8.35. The molecule has 0 spiro atoms. The third-order valence-electron chi connectivity index (χ3n) is 2.90. The summed E-state index contributed by atoms with van der Waals surface area (Å²) in [5, 5.41) is 0. The summed E-state index contributed by atoms with van der Waals surface area (Å²) in [7, 11) is -3.16. The predicted octanol–water partition coefficient (Wildman–Crippen LogP) is 4.71. The molecule has 0 aliphatic heterocycles. The van der Waals surface area contributed by atoms with Crippen LogP contribution in [-0.4, -0.2) is 32.0 Å². The predicted molar refractivity (Wildman–Crippen MR) is 89.2 cm³/mol. The Labute approximate surface area is 134 Å². The molecule has 0 saturated carbocycles. The topological polar surface area (TPSA) is 61.8 Å². The van der Waals surface area contributed by atoms with Gasteiger partial charge >= 0.3 is 13.6 Å². The van der Waals surface area contributed by atoms with E-state index in [1.54, 1.807) is 0 Å². The van der Waals surface area contributed by atoms with E-state index in [1.165, 1.54) is 12.2 Å². The number of ether oxygens (including phenoxy) is 1. The smallest absolute Gasteiger partial charge is 0.334 e. The summed E-state index contributed by atoms with van der Waals surface area (Å²) < 4.78 is 28.4. The molecule has 5 nitrogen and oxygen atoms in total. The molecule has 0 unspecified atom stereocenters. The first-order chi connectivity index (χ1) is 10.6. The lowest BCUT2D eigenvalue weighted by atomic mass is 10.4. The van der Waals surface area contributed by atoms with Gasteiger partial charge in [0.25, 0.3) is 0 Å². The van der Waals surface area contributed by atoms with Crippen LogP contribution in [0.3, 0.4) is 0 Å². The molecule has 0 N–H and O–H groups in total. The second-order valence-electron chi connectivity index (χ2n) is 5.09. The van der Waals surface area contributed by atoms with Crippen molar-refractivity contribution in [3.05, 3.63) is 12.2 Å². The van der Waals surface area contributed by atoms with Gasteiger partial charge in [-0.3, -0.25) is 4.57 Å². The SMILES string of the molecule is CCCCOC(=O)C=CCP(=O)(OCCCC)OCCCC. The molecule has 0 aromatic heterocycles. The number of hydrogen-bond donors (Lipinski definition) is 0. The van der Waals surface area contributed by atoms with E-state index in [1.807, 2.05) is 20.8 Å². The number of unbranched alkanes of at least 4 members (excludes halogenated alkanes) is 3. The van der Waals surface area contributed by atoms with Gasteiger partial charge in [0.1, 0.15) is 0 Å². The van der Waals surface area contributed by atoms with Crippen molar-refractivity contribution in [1.82, 2.24) is 0 Å². The highest BCUT2D eigenvalue weighted by atomic mass is 31.2. The van der Waals surface area contributed by atoms with Gasteiger partial charge < -0.3 is 13.8 Å². The van der Waals surface area contributed by atoms with Gasteiger partial charge in [0.15, 0.2) is 0 Å². The summed E-state index contributed by atoms with van der Waals surface area (Å²) >= 11 is 0. The highest BCUT2D eigenvalue weighted by Crippen LogP contribution is 2.48. The molecule has 6 heteroatoms. The summed E-state index contributed by atoms with van der Waals surface area (Å²) in [5.74, 6) is -0.415. The zero-order valence-corrected chi connectivity index (χ0v) is 15.1. The Hall–Kier alpha value is -0.640. The van der Waals surface area contributed by atoms with Crippen molar-refractivity contribution in [2.45, 2.75) is 59.3 Å². The van der Waals surface area contributed by atoms with Gasteiger partial charge in [-0.15, -0.1) is 0 Å². The molecule has 0 saturated heterocycles. The van der Waals surface area contributed by atoms with Crippen molar-refractivity contribution in [2.75, 3.05) is 26.0 Å². The quantitative estimate of drug-likeness (QED) is 0.199. The van der Waals surface area contributed by atoms with Crippen LogP contribution in [-0.2, 0) is 23.1 Å². The van der Waals surface area contributed by atoms with Gasteiger partial charge in [0.2, 0.25) is 0 Å². The molecule has 0 amide bonds. The molecule has 0 aromatic rings. The molecule has 0 heterocycles. The molecule has 0 bridgehead atoms. The molecule has 0 rings (SSSR count). The van der Waals surface area contributed by atoms with Crippen LogP contribution >= 0.6 is 7.60 Å². The Morgan fingerprint density at radius 1 is 0.909 bits per heavy atom. The monoisotopic (exact) mass is 334 g/mol. The first-order valence-electron chi connectivity index (χ1n) is 8.29. The normalized spacial score (nSPS) is 12.0. The lowest BCUT2D eigenvalue weighted by Crippen LogP contribution is -2.04. The minimum Gasteiger partial charge on any atom is -0.463 e. The minimum absolute atomic E-state index is 0.101. The lowest BCUT2D eigenvalue weighted by Gasteiger charge is -2.17. The zero-order valence-electron chi connectivity index (χ0n) is 14.2. The number of carbonyl (C=O) groups excluding carboxylic acids is 1. The number of allylic oxidation sites excluding steroid dienone is 1. The van der Waals surface area contributed by atoms with Crippen molar-refractivity contribution in [2.24, 2.45) is 0 Å². The number of carbonyl (C=O) groups is 1. The van der Waals surface area contributed by atoms with Crippen LogP contribution in [0.25, 0.3) is 0 Å². The minimum atomic E-state index is -3.16. The fourth-order valence-corrected chi connectivity index (χ4v) is 2.95. The molecule has 0 radical (unpaired) electrons. The summed E-state index contributed by atoms with van der Waals surface area (Å²) in [5.41, 5.74) is 0. The molecule has 0 atom stereocenters. The highest BCUT2D eigenvalue weighted by Gasteiger charge is 2.22. The van der Waals surface area contributed by atoms with E-state index in [2.05, 4.69) is 0 Å². The highest BCUT2D eigenvalue weighted by molar-refractivity contribution is 7.54. The van der Waals surface area contributed by atoms with E-state index < -0.39 is 13.6 Å². The third-order valence-corrected chi connectivity index (χ3v) is 4.71. The van der Waals surface area contributed by atoms with Crippen LogP contribution in [0.4, 0.5) is 0 Å².